The fourth-order valence-electron chi connectivity index (χ4n) is 10.4. The Labute approximate surface area is 503 Å². The standard InChI is InChI=1S/C75H134O6/c1-4-7-10-13-16-19-22-24-26-28-30-32-34-36-37-39-40-42-44-46-48-50-53-56-59-62-65-68-74(77)80-71-72(70-79-73(76)67-64-61-58-55-52-21-18-15-12-9-6-3)81-75(78)69-66-63-60-57-54-51-49-47-45-43-41-38-35-33-31-29-27-25-23-20-17-14-11-8-5-2/h7,10,15-16,18-19,24,26,30,32,36-37,72H,4-6,8-9,11-14,17,20-23,25,27-29,31,33-35,38-71H2,1-3H3/b10-7-,18-15-,19-16-,26-24-,32-30-,37-36-. The summed E-state index contributed by atoms with van der Waals surface area (Å²) >= 11 is 0. The van der Waals surface area contributed by atoms with Crippen LogP contribution < -0.4 is 0 Å². The van der Waals surface area contributed by atoms with Gasteiger partial charge in [0.05, 0.1) is 0 Å². The van der Waals surface area contributed by atoms with Crippen molar-refractivity contribution < 1.29 is 28.6 Å². The molecule has 0 aromatic heterocycles. The molecule has 0 spiro atoms. The molecule has 0 bridgehead atoms. The lowest BCUT2D eigenvalue weighted by Crippen LogP contribution is -2.30. The van der Waals surface area contributed by atoms with E-state index in [1.165, 1.54) is 231 Å². The molecule has 0 fully saturated rings. The van der Waals surface area contributed by atoms with Crippen molar-refractivity contribution in [3.63, 3.8) is 0 Å². The molecule has 1 atom stereocenters. The van der Waals surface area contributed by atoms with Crippen molar-refractivity contribution in [3.05, 3.63) is 72.9 Å². The first-order valence-corrected chi connectivity index (χ1v) is 35.4. The molecule has 0 amide bonds. The molecule has 0 saturated heterocycles. The van der Waals surface area contributed by atoms with E-state index in [1.807, 2.05) is 0 Å². The average molecular weight is 1130 g/mol. The molecule has 0 aliphatic heterocycles. The number of allylic oxidation sites excluding steroid dienone is 12. The van der Waals surface area contributed by atoms with Gasteiger partial charge in [0.25, 0.3) is 0 Å². The van der Waals surface area contributed by atoms with Crippen LogP contribution in [-0.2, 0) is 28.6 Å². The number of esters is 3. The lowest BCUT2D eigenvalue weighted by Gasteiger charge is -2.18. The Morgan fingerprint density at radius 2 is 0.494 bits per heavy atom. The van der Waals surface area contributed by atoms with Gasteiger partial charge in [0.2, 0.25) is 0 Å². The summed E-state index contributed by atoms with van der Waals surface area (Å²) < 4.78 is 17.0. The molecule has 470 valence electrons. The van der Waals surface area contributed by atoms with Crippen LogP contribution in [0, 0.1) is 0 Å². The predicted molar refractivity (Wildman–Crippen MR) is 353 cm³/mol. The van der Waals surface area contributed by atoms with E-state index in [-0.39, 0.29) is 31.1 Å². The van der Waals surface area contributed by atoms with Crippen molar-refractivity contribution in [2.75, 3.05) is 13.2 Å². The molecule has 0 rings (SSSR count). The van der Waals surface area contributed by atoms with Crippen molar-refractivity contribution >= 4 is 17.9 Å². The van der Waals surface area contributed by atoms with E-state index in [9.17, 15) is 14.4 Å². The number of hydrogen-bond donors (Lipinski definition) is 0. The molecule has 0 aliphatic rings. The summed E-state index contributed by atoms with van der Waals surface area (Å²) in [5, 5.41) is 0. The molecule has 0 saturated carbocycles. The number of unbranched alkanes of at least 4 members (excludes halogenated alkanes) is 42. The van der Waals surface area contributed by atoms with E-state index in [0.29, 0.717) is 19.3 Å². The summed E-state index contributed by atoms with van der Waals surface area (Å²) in [7, 11) is 0. The zero-order valence-corrected chi connectivity index (χ0v) is 54.1. The fraction of sp³-hybridized carbons (Fsp3) is 0.800. The van der Waals surface area contributed by atoms with Crippen molar-refractivity contribution in [2.45, 2.75) is 374 Å². The summed E-state index contributed by atoms with van der Waals surface area (Å²) in [4.78, 5) is 38.4. The van der Waals surface area contributed by atoms with Crippen LogP contribution in [0.2, 0.25) is 0 Å². The third-order valence-corrected chi connectivity index (χ3v) is 15.7. The van der Waals surface area contributed by atoms with Crippen LogP contribution in [0.4, 0.5) is 0 Å². The van der Waals surface area contributed by atoms with Gasteiger partial charge in [-0.2, -0.15) is 0 Å². The molecule has 0 aromatic carbocycles. The molecule has 81 heavy (non-hydrogen) atoms. The van der Waals surface area contributed by atoms with Crippen LogP contribution in [0.5, 0.6) is 0 Å². The zero-order chi connectivity index (χ0) is 58.5. The van der Waals surface area contributed by atoms with E-state index < -0.39 is 6.10 Å². The number of carbonyl (C=O) groups excluding carboxylic acids is 3. The SMILES string of the molecule is CC/C=C\C/C=C\C/C=C\C/C=C\C/C=C\CCCCCCCCCCCCCC(=O)OCC(COC(=O)CCCCCCC/C=C\CCCC)OC(=O)CCCCCCCCCCCCCCCCCCCCCCCCCCC. The summed E-state index contributed by atoms with van der Waals surface area (Å²) in [5.41, 5.74) is 0. The molecule has 6 nitrogen and oxygen atoms in total. The largest absolute Gasteiger partial charge is 0.462 e. The molecule has 0 radical (unpaired) electrons. The number of rotatable bonds is 65. The van der Waals surface area contributed by atoms with Gasteiger partial charge in [0, 0.05) is 19.3 Å². The average Bonchev–Trinajstić information content (AvgIpc) is 3.47. The summed E-state index contributed by atoms with van der Waals surface area (Å²) in [6.45, 7) is 6.54. The van der Waals surface area contributed by atoms with E-state index in [4.69, 9.17) is 14.2 Å². The van der Waals surface area contributed by atoms with Crippen LogP contribution in [-0.4, -0.2) is 37.2 Å². The highest BCUT2D eigenvalue weighted by atomic mass is 16.6. The van der Waals surface area contributed by atoms with Crippen molar-refractivity contribution in [3.8, 4) is 0 Å². The fourth-order valence-corrected chi connectivity index (χ4v) is 10.4. The van der Waals surface area contributed by atoms with Crippen molar-refractivity contribution in [1.82, 2.24) is 0 Å². The first-order chi connectivity index (χ1) is 40.0. The molecule has 1 unspecified atom stereocenters. The minimum absolute atomic E-state index is 0.0758. The van der Waals surface area contributed by atoms with Gasteiger partial charge in [-0.1, -0.05) is 338 Å². The second-order valence-electron chi connectivity index (χ2n) is 23.8. The monoisotopic (exact) mass is 1130 g/mol. The minimum atomic E-state index is -0.779. The highest BCUT2D eigenvalue weighted by molar-refractivity contribution is 5.71. The van der Waals surface area contributed by atoms with Crippen LogP contribution >= 0.6 is 0 Å². The van der Waals surface area contributed by atoms with E-state index >= 15 is 0 Å². The Morgan fingerprint density at radius 3 is 0.802 bits per heavy atom. The second kappa shape index (κ2) is 69.3. The van der Waals surface area contributed by atoms with E-state index in [0.717, 1.165) is 96.3 Å². The highest BCUT2D eigenvalue weighted by Crippen LogP contribution is 2.18. The van der Waals surface area contributed by atoms with Crippen LogP contribution in [0.3, 0.4) is 0 Å². The third kappa shape index (κ3) is 67.5. The second-order valence-corrected chi connectivity index (χ2v) is 23.8. The first kappa shape index (κ1) is 77.9. The lowest BCUT2D eigenvalue weighted by atomic mass is 10.0. The third-order valence-electron chi connectivity index (χ3n) is 15.7. The van der Waals surface area contributed by atoms with Gasteiger partial charge in [0.15, 0.2) is 6.10 Å². The molecular formula is C75H134O6. The Morgan fingerprint density at radius 1 is 0.259 bits per heavy atom. The topological polar surface area (TPSA) is 78.9 Å². The van der Waals surface area contributed by atoms with E-state index in [1.54, 1.807) is 0 Å². The van der Waals surface area contributed by atoms with E-state index in [2.05, 4.69) is 93.7 Å². The molecule has 0 aromatic rings. The Balaban J connectivity index is 4.20. The van der Waals surface area contributed by atoms with Crippen molar-refractivity contribution in [2.24, 2.45) is 0 Å². The van der Waals surface area contributed by atoms with Crippen molar-refractivity contribution in [1.29, 1.82) is 0 Å². The molecule has 6 heteroatoms. The maximum atomic E-state index is 12.9. The predicted octanol–water partition coefficient (Wildman–Crippen LogP) is 24.4. The molecule has 0 N–H and O–H groups in total. The van der Waals surface area contributed by atoms with Crippen LogP contribution in [0.15, 0.2) is 72.9 Å². The van der Waals surface area contributed by atoms with Gasteiger partial charge in [0.1, 0.15) is 13.2 Å². The van der Waals surface area contributed by atoms with Gasteiger partial charge in [-0.25, -0.2) is 0 Å². The Kier molecular flexibility index (Phi) is 66.6. The maximum absolute atomic E-state index is 12.9. The first-order valence-electron chi connectivity index (χ1n) is 35.4. The van der Waals surface area contributed by atoms with Gasteiger partial charge in [-0.3, -0.25) is 14.4 Å². The Hall–Kier alpha value is -3.15. The highest BCUT2D eigenvalue weighted by Gasteiger charge is 2.19. The lowest BCUT2D eigenvalue weighted by molar-refractivity contribution is -0.167. The Bertz CT molecular complexity index is 1490. The molecule has 0 heterocycles. The zero-order valence-electron chi connectivity index (χ0n) is 54.1. The smallest absolute Gasteiger partial charge is 0.306 e. The van der Waals surface area contributed by atoms with Crippen LogP contribution in [0.1, 0.15) is 367 Å². The molecular weight excluding hydrogens is 997 g/mol. The minimum Gasteiger partial charge on any atom is -0.462 e. The quantitative estimate of drug-likeness (QED) is 0.0261. The summed E-state index contributed by atoms with van der Waals surface area (Å²) in [6, 6.07) is 0. The van der Waals surface area contributed by atoms with Crippen LogP contribution in [0.25, 0.3) is 0 Å². The number of hydrogen-bond acceptors (Lipinski definition) is 6. The van der Waals surface area contributed by atoms with Gasteiger partial charge < -0.3 is 14.2 Å². The van der Waals surface area contributed by atoms with Gasteiger partial charge in [-0.05, 0) is 83.5 Å². The molecule has 0 aliphatic carbocycles. The maximum Gasteiger partial charge on any atom is 0.306 e. The number of ether oxygens (including phenoxy) is 3. The summed E-state index contributed by atoms with van der Waals surface area (Å²) in [6.07, 6.45) is 90.8. The summed E-state index contributed by atoms with van der Waals surface area (Å²) in [5.74, 6) is -0.867. The van der Waals surface area contributed by atoms with Gasteiger partial charge >= 0.3 is 17.9 Å². The number of carbonyl (C=O) groups is 3. The van der Waals surface area contributed by atoms with Gasteiger partial charge in [-0.15, -0.1) is 0 Å². The normalized spacial score (nSPS) is 12.5.